The van der Waals surface area contributed by atoms with E-state index in [9.17, 15) is 0 Å². The van der Waals surface area contributed by atoms with Crippen LogP contribution in [0.15, 0.2) is 24.3 Å². The van der Waals surface area contributed by atoms with Crippen molar-refractivity contribution in [1.29, 1.82) is 0 Å². The van der Waals surface area contributed by atoms with Gasteiger partial charge in [0.25, 0.3) is 0 Å². The minimum atomic E-state index is 0.0650. The number of hydrogen-bond donors (Lipinski definition) is 1. The molecule has 0 saturated carbocycles. The lowest BCUT2D eigenvalue weighted by Crippen LogP contribution is -2.55. The molecule has 1 aliphatic rings. The summed E-state index contributed by atoms with van der Waals surface area (Å²) < 4.78 is 5.20. The third kappa shape index (κ3) is 3.65. The monoisotopic (exact) mass is 280 g/mol. The Balaban J connectivity index is 2.07. The van der Waals surface area contributed by atoms with Crippen LogP contribution in [-0.2, 0) is 6.42 Å². The van der Waals surface area contributed by atoms with E-state index in [0.717, 1.165) is 25.3 Å². The van der Waals surface area contributed by atoms with E-state index in [1.165, 1.54) is 17.1 Å². The number of nitrogens with zero attached hydrogens (tertiary/aromatic N) is 1. The second kappa shape index (κ2) is 6.64. The van der Waals surface area contributed by atoms with E-state index in [0.29, 0.717) is 6.54 Å². The molecule has 1 heterocycles. The van der Waals surface area contributed by atoms with E-state index in [-0.39, 0.29) is 5.54 Å². The van der Waals surface area contributed by atoms with Gasteiger partial charge in [-0.25, -0.2) is 0 Å². The number of ether oxygens (including phenoxy) is 1. The maximum Gasteiger partial charge on any atom is 0.118 e. The van der Waals surface area contributed by atoms with E-state index < -0.39 is 0 Å². The van der Waals surface area contributed by atoms with Crippen LogP contribution in [0.2, 0.25) is 0 Å². The Kier molecular flexibility index (Phi) is 5.13. The number of hydrogen-bond acceptors (Lipinski definition) is 4. The highest BCUT2D eigenvalue weighted by Crippen LogP contribution is 2.24. The molecule has 2 rings (SSSR count). The highest BCUT2D eigenvalue weighted by molar-refractivity contribution is 7.99. The van der Waals surface area contributed by atoms with Crippen molar-refractivity contribution in [2.45, 2.75) is 18.9 Å². The van der Waals surface area contributed by atoms with Crippen LogP contribution in [0.5, 0.6) is 5.75 Å². The van der Waals surface area contributed by atoms with Crippen LogP contribution in [0.1, 0.15) is 12.5 Å². The van der Waals surface area contributed by atoms with Crippen LogP contribution in [-0.4, -0.2) is 48.7 Å². The lowest BCUT2D eigenvalue weighted by atomic mass is 9.90. The van der Waals surface area contributed by atoms with Crippen LogP contribution in [0, 0.1) is 0 Å². The van der Waals surface area contributed by atoms with Gasteiger partial charge in [0.15, 0.2) is 0 Å². The first-order valence-corrected chi connectivity index (χ1v) is 7.99. The van der Waals surface area contributed by atoms with Gasteiger partial charge >= 0.3 is 0 Å². The largest absolute Gasteiger partial charge is 0.497 e. The highest BCUT2D eigenvalue weighted by Gasteiger charge is 2.31. The summed E-state index contributed by atoms with van der Waals surface area (Å²) in [5.41, 5.74) is 7.46. The molecule has 1 aromatic carbocycles. The third-order valence-electron chi connectivity index (χ3n) is 3.96. The number of methoxy groups -OCH3 is 1. The zero-order valence-electron chi connectivity index (χ0n) is 11.9. The first-order chi connectivity index (χ1) is 9.18. The lowest BCUT2D eigenvalue weighted by molar-refractivity contribution is 0.123. The molecule has 0 amide bonds. The Morgan fingerprint density at radius 1 is 1.26 bits per heavy atom. The molecule has 0 spiro atoms. The standard InChI is InChI=1S/C15H24N2OS/c1-15(12-16,17-7-9-19-10-8-17)11-13-3-5-14(18-2)6-4-13/h3-6H,7-12,16H2,1-2H3. The number of thioether (sulfide) groups is 1. The number of nitrogens with two attached hydrogens (primary N) is 1. The molecule has 19 heavy (non-hydrogen) atoms. The average molecular weight is 280 g/mol. The van der Waals surface area contributed by atoms with Gasteiger partial charge in [0, 0.05) is 36.7 Å². The normalized spacial score (nSPS) is 19.9. The molecule has 1 aliphatic heterocycles. The lowest BCUT2D eigenvalue weighted by Gasteiger charge is -2.43. The van der Waals surface area contributed by atoms with Crippen molar-refractivity contribution in [2.24, 2.45) is 5.73 Å². The molecule has 0 aromatic heterocycles. The fourth-order valence-corrected chi connectivity index (χ4v) is 3.50. The van der Waals surface area contributed by atoms with Crippen LogP contribution in [0.3, 0.4) is 0 Å². The molecule has 0 bridgehead atoms. The van der Waals surface area contributed by atoms with E-state index >= 15 is 0 Å². The van der Waals surface area contributed by atoms with E-state index in [4.69, 9.17) is 10.5 Å². The summed E-state index contributed by atoms with van der Waals surface area (Å²) in [5.74, 6) is 3.35. The molecule has 1 atom stereocenters. The predicted molar refractivity (Wildman–Crippen MR) is 83.1 cm³/mol. The molecule has 0 radical (unpaired) electrons. The molecular weight excluding hydrogens is 256 g/mol. The van der Waals surface area contributed by atoms with Crippen molar-refractivity contribution in [1.82, 2.24) is 4.90 Å². The van der Waals surface area contributed by atoms with Gasteiger partial charge in [-0.15, -0.1) is 0 Å². The molecule has 3 nitrogen and oxygen atoms in total. The van der Waals surface area contributed by atoms with Crippen LogP contribution in [0.25, 0.3) is 0 Å². The van der Waals surface area contributed by atoms with Gasteiger partial charge in [-0.05, 0) is 31.0 Å². The summed E-state index contributed by atoms with van der Waals surface area (Å²) in [5, 5.41) is 0. The van der Waals surface area contributed by atoms with E-state index in [1.54, 1.807) is 7.11 Å². The first kappa shape index (κ1) is 14.7. The fraction of sp³-hybridized carbons (Fsp3) is 0.600. The van der Waals surface area contributed by atoms with Crippen molar-refractivity contribution in [2.75, 3.05) is 38.2 Å². The van der Waals surface area contributed by atoms with Gasteiger partial charge < -0.3 is 10.5 Å². The SMILES string of the molecule is COc1ccc(CC(C)(CN)N2CCSCC2)cc1. The van der Waals surface area contributed by atoms with Crippen molar-refractivity contribution >= 4 is 11.8 Å². The van der Waals surface area contributed by atoms with E-state index in [2.05, 4.69) is 24.0 Å². The Hall–Kier alpha value is -0.710. The minimum Gasteiger partial charge on any atom is -0.497 e. The molecule has 1 fully saturated rings. The Morgan fingerprint density at radius 3 is 2.42 bits per heavy atom. The summed E-state index contributed by atoms with van der Waals surface area (Å²) in [6.07, 6.45) is 0.998. The van der Waals surface area contributed by atoms with Gasteiger partial charge in [0.1, 0.15) is 5.75 Å². The molecular formula is C15H24N2OS. The Morgan fingerprint density at radius 2 is 1.89 bits per heavy atom. The van der Waals surface area contributed by atoms with Crippen LogP contribution < -0.4 is 10.5 Å². The van der Waals surface area contributed by atoms with Crippen molar-refractivity contribution in [3.63, 3.8) is 0 Å². The Bertz CT molecular complexity index is 390. The van der Waals surface area contributed by atoms with Crippen molar-refractivity contribution in [3.05, 3.63) is 29.8 Å². The predicted octanol–water partition coefficient (Wildman–Crippen LogP) is 2.00. The first-order valence-electron chi connectivity index (χ1n) is 6.84. The summed E-state index contributed by atoms with van der Waals surface area (Å²) in [6.45, 7) is 5.28. The molecule has 1 unspecified atom stereocenters. The Labute approximate surface area is 120 Å². The van der Waals surface area contributed by atoms with Crippen molar-refractivity contribution in [3.8, 4) is 5.75 Å². The second-order valence-corrected chi connectivity index (χ2v) is 6.55. The smallest absolute Gasteiger partial charge is 0.118 e. The second-order valence-electron chi connectivity index (χ2n) is 5.33. The quantitative estimate of drug-likeness (QED) is 0.895. The van der Waals surface area contributed by atoms with Gasteiger partial charge in [-0.1, -0.05) is 12.1 Å². The zero-order chi connectivity index (χ0) is 13.7. The van der Waals surface area contributed by atoms with E-state index in [1.807, 2.05) is 23.9 Å². The molecule has 2 N–H and O–H groups in total. The van der Waals surface area contributed by atoms with Crippen LogP contribution in [0.4, 0.5) is 0 Å². The van der Waals surface area contributed by atoms with Gasteiger partial charge in [0.05, 0.1) is 7.11 Å². The fourth-order valence-electron chi connectivity index (χ4n) is 2.60. The van der Waals surface area contributed by atoms with Gasteiger partial charge in [0.2, 0.25) is 0 Å². The zero-order valence-corrected chi connectivity index (χ0v) is 12.7. The molecule has 1 aromatic rings. The summed E-state index contributed by atoms with van der Waals surface area (Å²) in [4.78, 5) is 2.55. The topological polar surface area (TPSA) is 38.5 Å². The van der Waals surface area contributed by atoms with Gasteiger partial charge in [-0.2, -0.15) is 11.8 Å². The van der Waals surface area contributed by atoms with Gasteiger partial charge in [-0.3, -0.25) is 4.90 Å². The average Bonchev–Trinajstić information content (AvgIpc) is 2.49. The number of rotatable bonds is 5. The highest BCUT2D eigenvalue weighted by atomic mass is 32.2. The summed E-state index contributed by atoms with van der Waals surface area (Å²) >= 11 is 2.04. The van der Waals surface area contributed by atoms with Crippen LogP contribution >= 0.6 is 11.8 Å². The maximum absolute atomic E-state index is 6.07. The molecule has 1 saturated heterocycles. The molecule has 106 valence electrons. The van der Waals surface area contributed by atoms with Crippen molar-refractivity contribution < 1.29 is 4.74 Å². The summed E-state index contributed by atoms with van der Waals surface area (Å²) in [6, 6.07) is 8.34. The minimum absolute atomic E-state index is 0.0650. The maximum atomic E-state index is 6.07. The number of benzene rings is 1. The third-order valence-corrected chi connectivity index (χ3v) is 4.90. The molecule has 4 heteroatoms. The summed E-state index contributed by atoms with van der Waals surface area (Å²) in [7, 11) is 1.70. The molecule has 0 aliphatic carbocycles.